The van der Waals surface area contributed by atoms with Gasteiger partial charge in [-0.05, 0) is 0 Å². The van der Waals surface area contributed by atoms with E-state index in [4.69, 9.17) is 0 Å². The highest BCUT2D eigenvalue weighted by molar-refractivity contribution is 6.13. The summed E-state index contributed by atoms with van der Waals surface area (Å²) < 4.78 is 120. The van der Waals surface area contributed by atoms with E-state index in [2.05, 4.69) is 0 Å². The fourth-order valence-electron chi connectivity index (χ4n) is 0.719. The first-order valence-electron chi connectivity index (χ1n) is 3.98. The van der Waals surface area contributed by atoms with Crippen molar-refractivity contribution in [3.8, 4) is 0 Å². The zero-order valence-electron chi connectivity index (χ0n) is 8.30. The molecule has 0 saturated carbocycles. The Bertz CT molecular complexity index is 382. The Morgan fingerprint density at radius 1 is 0.737 bits per heavy atom. The molecule has 0 aromatic rings. The van der Waals surface area contributed by atoms with Crippen LogP contribution in [0.1, 0.15) is 0 Å². The van der Waals surface area contributed by atoms with Crippen LogP contribution in [0.15, 0.2) is 0 Å². The van der Waals surface area contributed by atoms with Gasteiger partial charge in [-0.25, -0.2) is 4.39 Å². The van der Waals surface area contributed by atoms with Crippen molar-refractivity contribution in [1.29, 1.82) is 0 Å². The number of halogens is 10. The van der Waals surface area contributed by atoms with Crippen LogP contribution >= 0.6 is 0 Å². The van der Waals surface area contributed by atoms with Crippen molar-refractivity contribution >= 4 is 11.6 Å². The van der Waals surface area contributed by atoms with Crippen LogP contribution in [0.5, 0.6) is 0 Å². The van der Waals surface area contributed by atoms with Crippen LogP contribution < -0.4 is 0 Å². The molecule has 0 saturated heterocycles. The number of ketones is 2. The summed E-state index contributed by atoms with van der Waals surface area (Å²) in [4.78, 5) is 20.5. The summed E-state index contributed by atoms with van der Waals surface area (Å²) >= 11 is 0. The Hall–Kier alpha value is -1.36. The van der Waals surface area contributed by atoms with Gasteiger partial charge < -0.3 is 0 Å². The number of carbonyl (C=O) groups excluding carboxylic acids is 2. The Morgan fingerprint density at radius 3 is 1.37 bits per heavy atom. The molecule has 0 rings (SSSR count). The van der Waals surface area contributed by atoms with Crippen molar-refractivity contribution in [2.45, 2.75) is 23.9 Å². The molecule has 0 aliphatic carbocycles. The lowest BCUT2D eigenvalue weighted by Crippen LogP contribution is -2.58. The average Bonchev–Trinajstić information content (AvgIpc) is 2.25. The Labute approximate surface area is 96.9 Å². The SMILES string of the molecule is O=C(C(F)(F)CF)C(F)(F)C(=O)C(F)(F)C(F)(F)F. The normalized spacial score (nSPS) is 14.4. The monoisotopic (exact) mass is 308 g/mol. The quantitative estimate of drug-likeness (QED) is 0.578. The van der Waals surface area contributed by atoms with E-state index in [0.29, 0.717) is 0 Å². The van der Waals surface area contributed by atoms with Gasteiger partial charge in [0.2, 0.25) is 0 Å². The highest BCUT2D eigenvalue weighted by Crippen LogP contribution is 2.41. The molecule has 112 valence electrons. The average molecular weight is 308 g/mol. The minimum Gasteiger partial charge on any atom is -0.285 e. The molecule has 0 aromatic carbocycles. The standard InChI is InChI=1S/C7H2F10O2/c8-1-4(9,10)2(18)5(11,12)3(19)6(13,14)7(15,16)17/h1H2. The lowest BCUT2D eigenvalue weighted by molar-refractivity contribution is -0.276. The van der Waals surface area contributed by atoms with Gasteiger partial charge >= 0.3 is 23.9 Å². The fraction of sp³-hybridized carbons (Fsp3) is 0.714. The van der Waals surface area contributed by atoms with Crippen LogP contribution in [0.4, 0.5) is 43.9 Å². The van der Waals surface area contributed by atoms with Crippen LogP contribution in [-0.2, 0) is 9.59 Å². The number of carbonyl (C=O) groups is 2. The van der Waals surface area contributed by atoms with Crippen LogP contribution in [0.2, 0.25) is 0 Å². The molecule has 2 nitrogen and oxygen atoms in total. The number of rotatable bonds is 5. The predicted molar refractivity (Wildman–Crippen MR) is 36.9 cm³/mol. The third-order valence-electron chi connectivity index (χ3n) is 1.71. The molecule has 0 amide bonds. The maximum absolute atomic E-state index is 12.6. The molecule has 0 bridgehead atoms. The summed E-state index contributed by atoms with van der Waals surface area (Å²) in [5.41, 5.74) is 0. The molecule has 0 fully saturated rings. The van der Waals surface area contributed by atoms with Gasteiger partial charge in [-0.3, -0.25) is 9.59 Å². The molecular formula is C7H2F10O2. The summed E-state index contributed by atoms with van der Waals surface area (Å²) in [5, 5.41) is 0. The molecule has 0 aliphatic rings. The summed E-state index contributed by atoms with van der Waals surface area (Å²) in [5.74, 6) is -27.1. The molecule has 0 radical (unpaired) electrons. The van der Waals surface area contributed by atoms with Gasteiger partial charge in [0.1, 0.15) is 0 Å². The van der Waals surface area contributed by atoms with E-state index >= 15 is 0 Å². The van der Waals surface area contributed by atoms with E-state index in [1.807, 2.05) is 0 Å². The van der Waals surface area contributed by atoms with E-state index in [1.54, 1.807) is 0 Å². The second kappa shape index (κ2) is 4.63. The predicted octanol–water partition coefficient (Wildman–Crippen LogP) is 2.56. The highest BCUT2D eigenvalue weighted by atomic mass is 19.4. The van der Waals surface area contributed by atoms with Gasteiger partial charge in [0.05, 0.1) is 0 Å². The molecule has 12 heteroatoms. The molecule has 0 spiro atoms. The topological polar surface area (TPSA) is 34.1 Å². The molecule has 19 heavy (non-hydrogen) atoms. The molecule has 0 unspecified atom stereocenters. The zero-order valence-corrected chi connectivity index (χ0v) is 8.30. The van der Waals surface area contributed by atoms with Gasteiger partial charge in [0, 0.05) is 0 Å². The van der Waals surface area contributed by atoms with Gasteiger partial charge in [-0.2, -0.15) is 39.5 Å². The van der Waals surface area contributed by atoms with Crippen LogP contribution in [0.3, 0.4) is 0 Å². The van der Waals surface area contributed by atoms with Gasteiger partial charge in [-0.15, -0.1) is 0 Å². The van der Waals surface area contributed by atoms with E-state index in [-0.39, 0.29) is 0 Å². The van der Waals surface area contributed by atoms with Gasteiger partial charge in [0.15, 0.2) is 6.67 Å². The lowest BCUT2D eigenvalue weighted by atomic mass is 10.00. The van der Waals surface area contributed by atoms with Crippen LogP contribution in [0, 0.1) is 0 Å². The molecule has 0 N–H and O–H groups in total. The zero-order chi connectivity index (χ0) is 15.9. The van der Waals surface area contributed by atoms with E-state index in [9.17, 15) is 53.5 Å². The van der Waals surface area contributed by atoms with Crippen molar-refractivity contribution in [2.24, 2.45) is 0 Å². The third kappa shape index (κ3) is 2.97. The maximum atomic E-state index is 12.6. The molecule has 0 atom stereocenters. The molecular weight excluding hydrogens is 306 g/mol. The Balaban J connectivity index is 5.58. The first-order valence-corrected chi connectivity index (χ1v) is 3.98. The minimum atomic E-state index is -6.82. The summed E-state index contributed by atoms with van der Waals surface area (Å²) in [7, 11) is 0. The van der Waals surface area contributed by atoms with E-state index in [0.717, 1.165) is 0 Å². The summed E-state index contributed by atoms with van der Waals surface area (Å²) in [6, 6.07) is 0. The highest BCUT2D eigenvalue weighted by Gasteiger charge is 2.73. The first kappa shape index (κ1) is 17.6. The number of alkyl halides is 10. The van der Waals surface area contributed by atoms with Crippen molar-refractivity contribution in [3.05, 3.63) is 0 Å². The number of hydrogen-bond acceptors (Lipinski definition) is 2. The summed E-state index contributed by atoms with van der Waals surface area (Å²) in [6.45, 7) is -3.09. The van der Waals surface area contributed by atoms with Crippen molar-refractivity contribution in [2.75, 3.05) is 6.67 Å². The largest absolute Gasteiger partial charge is 0.461 e. The molecule has 0 aromatic heterocycles. The van der Waals surface area contributed by atoms with Crippen molar-refractivity contribution in [1.82, 2.24) is 0 Å². The van der Waals surface area contributed by atoms with Gasteiger partial charge in [0.25, 0.3) is 11.6 Å². The first-order chi connectivity index (χ1) is 8.12. The second-order valence-electron chi connectivity index (χ2n) is 3.14. The van der Waals surface area contributed by atoms with Crippen LogP contribution in [0.25, 0.3) is 0 Å². The number of hydrogen-bond donors (Lipinski definition) is 0. The van der Waals surface area contributed by atoms with Gasteiger partial charge in [-0.1, -0.05) is 0 Å². The van der Waals surface area contributed by atoms with Crippen molar-refractivity contribution < 1.29 is 53.5 Å². The maximum Gasteiger partial charge on any atom is 0.461 e. The number of Topliss-reactive ketones (excluding diaryl/α,β-unsaturated/α-hetero) is 2. The minimum absolute atomic E-state index is 3.09. The summed E-state index contributed by atoms with van der Waals surface area (Å²) in [6.07, 6.45) is -6.82. The lowest BCUT2D eigenvalue weighted by Gasteiger charge is -2.24. The van der Waals surface area contributed by atoms with Crippen molar-refractivity contribution in [3.63, 3.8) is 0 Å². The second-order valence-corrected chi connectivity index (χ2v) is 3.14. The Kier molecular flexibility index (Phi) is 4.30. The Morgan fingerprint density at radius 2 is 1.11 bits per heavy atom. The van der Waals surface area contributed by atoms with Crippen LogP contribution in [-0.4, -0.2) is 42.2 Å². The molecule has 0 aliphatic heterocycles. The fourth-order valence-corrected chi connectivity index (χ4v) is 0.719. The molecule has 0 heterocycles. The van der Waals surface area contributed by atoms with E-state index < -0.39 is 42.2 Å². The smallest absolute Gasteiger partial charge is 0.285 e. The third-order valence-corrected chi connectivity index (χ3v) is 1.71. The van der Waals surface area contributed by atoms with E-state index in [1.165, 1.54) is 0 Å².